The summed E-state index contributed by atoms with van der Waals surface area (Å²) in [7, 11) is 1.93. The van der Waals surface area contributed by atoms with Gasteiger partial charge in [-0.15, -0.1) is 0 Å². The van der Waals surface area contributed by atoms with Gasteiger partial charge in [0.1, 0.15) is 12.2 Å². The lowest BCUT2D eigenvalue weighted by Crippen LogP contribution is -2.46. The van der Waals surface area contributed by atoms with E-state index in [2.05, 4.69) is 29.2 Å². The Kier molecular flexibility index (Phi) is 4.75. The number of hydrogen-bond acceptors (Lipinski definition) is 4. The topological polar surface area (TPSA) is 63.1 Å². The van der Waals surface area contributed by atoms with E-state index in [1.54, 1.807) is 13.3 Å². The van der Waals surface area contributed by atoms with Gasteiger partial charge in [-0.1, -0.05) is 13.8 Å². The summed E-state index contributed by atoms with van der Waals surface area (Å²) < 4.78 is 1.84. The molecule has 0 unspecified atom stereocenters. The lowest BCUT2D eigenvalue weighted by molar-refractivity contribution is -0.129. The van der Waals surface area contributed by atoms with Gasteiger partial charge in [0.25, 0.3) is 0 Å². The summed E-state index contributed by atoms with van der Waals surface area (Å²) in [6.07, 6.45) is 3.60. The van der Waals surface area contributed by atoms with Crippen molar-refractivity contribution in [1.82, 2.24) is 25.0 Å². The predicted octanol–water partition coefficient (Wildman–Crippen LogP) is 1.11. The van der Waals surface area contributed by atoms with Gasteiger partial charge in [-0.3, -0.25) is 9.48 Å². The highest BCUT2D eigenvalue weighted by Gasteiger charge is 2.27. The third-order valence-electron chi connectivity index (χ3n) is 4.05. The van der Waals surface area contributed by atoms with Gasteiger partial charge in [-0.25, -0.2) is 4.98 Å². The molecule has 0 aliphatic carbocycles. The van der Waals surface area contributed by atoms with Gasteiger partial charge in [0, 0.05) is 33.1 Å². The Morgan fingerprint density at radius 3 is 2.50 bits per heavy atom. The van der Waals surface area contributed by atoms with Crippen molar-refractivity contribution in [3.63, 3.8) is 0 Å². The zero-order chi connectivity index (χ0) is 14.7. The number of likely N-dealkylation sites (tertiary alicyclic amines) is 1. The first-order chi connectivity index (χ1) is 9.49. The van der Waals surface area contributed by atoms with Crippen LogP contribution in [0.5, 0.6) is 0 Å². The Labute approximate surface area is 120 Å². The van der Waals surface area contributed by atoms with E-state index in [0.29, 0.717) is 12.0 Å². The summed E-state index contributed by atoms with van der Waals surface area (Å²) in [5.41, 5.74) is 0. The molecule has 2 rings (SSSR count). The third kappa shape index (κ3) is 3.36. The highest BCUT2D eigenvalue weighted by Crippen LogP contribution is 2.22. The summed E-state index contributed by atoms with van der Waals surface area (Å²) in [4.78, 5) is 17.6. The monoisotopic (exact) mass is 279 g/mol. The highest BCUT2D eigenvalue weighted by molar-refractivity contribution is 5.73. The molecule has 0 aromatic carbocycles. The number of aromatic nitrogens is 3. The van der Waals surface area contributed by atoms with Gasteiger partial charge in [0.2, 0.25) is 5.91 Å². The molecular weight excluding hydrogens is 254 g/mol. The second-order valence-electron chi connectivity index (χ2n) is 5.91. The predicted molar refractivity (Wildman–Crippen MR) is 77.0 cm³/mol. The highest BCUT2D eigenvalue weighted by atomic mass is 16.2. The van der Waals surface area contributed by atoms with Crippen LogP contribution in [0.15, 0.2) is 6.33 Å². The molecule has 1 aliphatic heterocycles. The van der Waals surface area contributed by atoms with Crippen LogP contribution in [0, 0.1) is 5.92 Å². The molecule has 1 amide bonds. The second kappa shape index (κ2) is 6.35. The van der Waals surface area contributed by atoms with Gasteiger partial charge in [-0.2, -0.15) is 5.10 Å². The molecule has 1 saturated heterocycles. The van der Waals surface area contributed by atoms with Crippen LogP contribution in [-0.2, 0) is 11.8 Å². The van der Waals surface area contributed by atoms with E-state index in [4.69, 9.17) is 0 Å². The van der Waals surface area contributed by atoms with Crippen LogP contribution in [0.3, 0.4) is 0 Å². The van der Waals surface area contributed by atoms with Crippen molar-refractivity contribution in [3.8, 4) is 0 Å². The summed E-state index contributed by atoms with van der Waals surface area (Å²) >= 11 is 0. The minimum Gasteiger partial charge on any atom is -0.343 e. The van der Waals surface area contributed by atoms with Gasteiger partial charge < -0.3 is 10.2 Å². The SMILES string of the molecule is CC(=O)N1CCC(N[C@H](c2ncnn2C)C(C)C)CC1. The smallest absolute Gasteiger partial charge is 0.219 e. The Morgan fingerprint density at radius 1 is 1.40 bits per heavy atom. The number of nitrogens with zero attached hydrogens (tertiary/aromatic N) is 4. The molecule has 20 heavy (non-hydrogen) atoms. The summed E-state index contributed by atoms with van der Waals surface area (Å²) in [6.45, 7) is 7.71. The van der Waals surface area contributed by atoms with Crippen molar-refractivity contribution in [3.05, 3.63) is 12.2 Å². The van der Waals surface area contributed by atoms with Gasteiger partial charge in [-0.05, 0) is 18.8 Å². The number of hydrogen-bond donors (Lipinski definition) is 1. The fourth-order valence-electron chi connectivity index (χ4n) is 2.77. The Bertz CT molecular complexity index is 448. The van der Waals surface area contributed by atoms with E-state index in [1.807, 2.05) is 16.6 Å². The van der Waals surface area contributed by atoms with Crippen LogP contribution in [-0.4, -0.2) is 44.7 Å². The standard InChI is InChI=1S/C14H25N5O/c1-10(2)13(14-15-9-16-18(14)4)17-12-5-7-19(8-6-12)11(3)20/h9-10,12-13,17H,5-8H2,1-4H3/t13-/m0/s1. The molecule has 1 N–H and O–H groups in total. The molecule has 0 bridgehead atoms. The van der Waals surface area contributed by atoms with Gasteiger partial charge in [0.15, 0.2) is 0 Å². The lowest BCUT2D eigenvalue weighted by atomic mass is 9.98. The Hall–Kier alpha value is -1.43. The maximum atomic E-state index is 11.4. The third-order valence-corrected chi connectivity index (χ3v) is 4.05. The minimum absolute atomic E-state index is 0.178. The summed E-state index contributed by atoms with van der Waals surface area (Å²) in [6, 6.07) is 0.645. The van der Waals surface area contributed by atoms with Crippen LogP contribution < -0.4 is 5.32 Å². The van der Waals surface area contributed by atoms with Crippen LogP contribution in [0.25, 0.3) is 0 Å². The number of nitrogens with one attached hydrogen (secondary N) is 1. The molecule has 1 aromatic heterocycles. The average molecular weight is 279 g/mol. The molecule has 0 radical (unpaired) electrons. The largest absolute Gasteiger partial charge is 0.343 e. The van der Waals surface area contributed by atoms with Gasteiger partial charge in [0.05, 0.1) is 6.04 Å². The fraction of sp³-hybridized carbons (Fsp3) is 0.786. The maximum absolute atomic E-state index is 11.4. The molecule has 112 valence electrons. The molecule has 0 saturated carbocycles. The molecule has 0 spiro atoms. The normalized spacial score (nSPS) is 18.6. The van der Waals surface area contributed by atoms with Crippen LogP contribution >= 0.6 is 0 Å². The number of piperidine rings is 1. The van der Waals surface area contributed by atoms with E-state index in [9.17, 15) is 4.79 Å². The van der Waals surface area contributed by atoms with Crippen molar-refractivity contribution in [2.75, 3.05) is 13.1 Å². The van der Waals surface area contributed by atoms with Crippen molar-refractivity contribution in [2.45, 2.75) is 45.7 Å². The maximum Gasteiger partial charge on any atom is 0.219 e. The van der Waals surface area contributed by atoms with E-state index >= 15 is 0 Å². The molecule has 1 aromatic rings. The van der Waals surface area contributed by atoms with Crippen molar-refractivity contribution in [1.29, 1.82) is 0 Å². The first-order valence-corrected chi connectivity index (χ1v) is 7.34. The fourth-order valence-corrected chi connectivity index (χ4v) is 2.77. The van der Waals surface area contributed by atoms with Crippen molar-refractivity contribution in [2.24, 2.45) is 13.0 Å². The number of carbonyl (C=O) groups is 1. The quantitative estimate of drug-likeness (QED) is 0.897. The first-order valence-electron chi connectivity index (χ1n) is 7.34. The second-order valence-corrected chi connectivity index (χ2v) is 5.91. The zero-order valence-electron chi connectivity index (χ0n) is 12.8. The number of amides is 1. The molecule has 2 heterocycles. The van der Waals surface area contributed by atoms with Crippen LogP contribution in [0.4, 0.5) is 0 Å². The minimum atomic E-state index is 0.178. The van der Waals surface area contributed by atoms with E-state index in [0.717, 1.165) is 31.8 Å². The van der Waals surface area contributed by atoms with Crippen molar-refractivity contribution >= 4 is 5.91 Å². The van der Waals surface area contributed by atoms with Crippen LogP contribution in [0.2, 0.25) is 0 Å². The number of aryl methyl sites for hydroxylation is 1. The Morgan fingerprint density at radius 2 is 2.05 bits per heavy atom. The van der Waals surface area contributed by atoms with E-state index < -0.39 is 0 Å². The van der Waals surface area contributed by atoms with E-state index in [-0.39, 0.29) is 11.9 Å². The average Bonchev–Trinajstić information content (AvgIpc) is 2.82. The molecule has 1 fully saturated rings. The van der Waals surface area contributed by atoms with Gasteiger partial charge >= 0.3 is 0 Å². The molecule has 1 aliphatic rings. The number of carbonyl (C=O) groups excluding carboxylic acids is 1. The Balaban J connectivity index is 1.97. The first kappa shape index (κ1) is 15.0. The summed E-state index contributed by atoms with van der Waals surface area (Å²) in [5.74, 6) is 1.61. The number of rotatable bonds is 4. The zero-order valence-corrected chi connectivity index (χ0v) is 12.8. The van der Waals surface area contributed by atoms with E-state index in [1.165, 1.54) is 0 Å². The van der Waals surface area contributed by atoms with Crippen LogP contribution in [0.1, 0.15) is 45.5 Å². The van der Waals surface area contributed by atoms with Crippen molar-refractivity contribution < 1.29 is 4.79 Å². The molecule has 1 atom stereocenters. The summed E-state index contributed by atoms with van der Waals surface area (Å²) in [5, 5.41) is 7.86. The molecular formula is C14H25N5O. The molecule has 6 heteroatoms. The lowest BCUT2D eigenvalue weighted by Gasteiger charge is -2.34. The molecule has 6 nitrogen and oxygen atoms in total.